The standard InChI is InChI=1S/C21H23ClFN3/c1-16(2-5-18-6-7-19(22)14-21(18)24)26-12-10-25(11-13-26)15-17-3-8-20(23)9-4-17/h2-9,14H,1,10-13,15,24H2/b5-2+. The highest BCUT2D eigenvalue weighted by molar-refractivity contribution is 6.30. The molecule has 2 aromatic rings. The second-order valence-corrected chi connectivity index (χ2v) is 6.92. The van der Waals surface area contributed by atoms with Crippen LogP contribution in [0.15, 0.2) is 60.8 Å². The van der Waals surface area contributed by atoms with Crippen molar-refractivity contribution in [3.8, 4) is 0 Å². The molecule has 3 rings (SSSR count). The van der Waals surface area contributed by atoms with Crippen molar-refractivity contribution in [1.82, 2.24) is 9.80 Å². The van der Waals surface area contributed by atoms with E-state index in [1.54, 1.807) is 6.07 Å². The maximum absolute atomic E-state index is 13.0. The van der Waals surface area contributed by atoms with Gasteiger partial charge in [0.05, 0.1) is 0 Å². The van der Waals surface area contributed by atoms with Gasteiger partial charge in [0.15, 0.2) is 0 Å². The molecule has 2 aromatic carbocycles. The summed E-state index contributed by atoms with van der Waals surface area (Å²) >= 11 is 5.93. The van der Waals surface area contributed by atoms with Gasteiger partial charge in [0.1, 0.15) is 5.82 Å². The van der Waals surface area contributed by atoms with E-state index in [9.17, 15) is 4.39 Å². The lowest BCUT2D eigenvalue weighted by Gasteiger charge is -2.36. The Balaban J connectivity index is 1.51. The van der Waals surface area contributed by atoms with E-state index in [-0.39, 0.29) is 5.82 Å². The molecule has 1 saturated heterocycles. The molecule has 1 aliphatic heterocycles. The largest absolute Gasteiger partial charge is 0.398 e. The fourth-order valence-electron chi connectivity index (χ4n) is 3.03. The number of nitrogen functional groups attached to an aromatic ring is 1. The molecule has 1 fully saturated rings. The molecule has 0 aliphatic carbocycles. The Morgan fingerprint density at radius 1 is 1.12 bits per heavy atom. The first-order valence-electron chi connectivity index (χ1n) is 8.65. The molecular formula is C21H23ClFN3. The normalized spacial score (nSPS) is 15.5. The predicted molar refractivity (Wildman–Crippen MR) is 107 cm³/mol. The van der Waals surface area contributed by atoms with Crippen molar-refractivity contribution in [2.75, 3.05) is 31.9 Å². The third kappa shape index (κ3) is 4.87. The van der Waals surface area contributed by atoms with Gasteiger partial charge in [0.2, 0.25) is 0 Å². The summed E-state index contributed by atoms with van der Waals surface area (Å²) in [4.78, 5) is 4.64. The molecule has 0 aromatic heterocycles. The van der Waals surface area contributed by atoms with Gasteiger partial charge in [-0.25, -0.2) is 4.39 Å². The van der Waals surface area contributed by atoms with Crippen LogP contribution in [0.3, 0.4) is 0 Å². The van der Waals surface area contributed by atoms with Crippen LogP contribution in [0.2, 0.25) is 5.02 Å². The first-order valence-corrected chi connectivity index (χ1v) is 9.03. The number of anilines is 1. The van der Waals surface area contributed by atoms with Crippen molar-refractivity contribution < 1.29 is 4.39 Å². The first-order chi connectivity index (χ1) is 12.5. The monoisotopic (exact) mass is 371 g/mol. The van der Waals surface area contributed by atoms with Crippen LogP contribution in [0.1, 0.15) is 11.1 Å². The lowest BCUT2D eigenvalue weighted by atomic mass is 10.1. The zero-order valence-corrected chi connectivity index (χ0v) is 15.4. The molecular weight excluding hydrogens is 349 g/mol. The molecule has 0 unspecified atom stereocenters. The third-order valence-electron chi connectivity index (χ3n) is 4.60. The summed E-state index contributed by atoms with van der Waals surface area (Å²) in [7, 11) is 0. The Labute approximate surface area is 159 Å². The van der Waals surface area contributed by atoms with Gasteiger partial charge in [-0.2, -0.15) is 0 Å². The summed E-state index contributed by atoms with van der Waals surface area (Å²) < 4.78 is 13.0. The fourth-order valence-corrected chi connectivity index (χ4v) is 3.21. The van der Waals surface area contributed by atoms with Crippen molar-refractivity contribution in [2.45, 2.75) is 6.54 Å². The van der Waals surface area contributed by atoms with Gasteiger partial charge < -0.3 is 10.6 Å². The number of halogens is 2. The highest BCUT2D eigenvalue weighted by Crippen LogP contribution is 2.20. The highest BCUT2D eigenvalue weighted by Gasteiger charge is 2.17. The van der Waals surface area contributed by atoms with Crippen LogP contribution in [0.25, 0.3) is 6.08 Å². The van der Waals surface area contributed by atoms with Gasteiger partial charge in [-0.05, 0) is 41.5 Å². The molecule has 0 bridgehead atoms. The molecule has 26 heavy (non-hydrogen) atoms. The summed E-state index contributed by atoms with van der Waals surface area (Å²) in [5, 5.41) is 0.635. The number of hydrogen-bond acceptors (Lipinski definition) is 3. The van der Waals surface area contributed by atoms with E-state index in [0.717, 1.165) is 49.5 Å². The molecule has 0 saturated carbocycles. The van der Waals surface area contributed by atoms with Crippen LogP contribution in [-0.2, 0) is 6.54 Å². The quantitative estimate of drug-likeness (QED) is 0.624. The molecule has 1 heterocycles. The Bertz CT molecular complexity index is 793. The van der Waals surface area contributed by atoms with E-state index in [2.05, 4.69) is 16.4 Å². The topological polar surface area (TPSA) is 32.5 Å². The van der Waals surface area contributed by atoms with E-state index >= 15 is 0 Å². The maximum Gasteiger partial charge on any atom is 0.123 e. The highest BCUT2D eigenvalue weighted by atomic mass is 35.5. The average molecular weight is 372 g/mol. The molecule has 1 aliphatic rings. The number of piperazine rings is 1. The number of benzene rings is 2. The van der Waals surface area contributed by atoms with Gasteiger partial charge in [0.25, 0.3) is 0 Å². The average Bonchev–Trinajstić information content (AvgIpc) is 2.63. The number of allylic oxidation sites excluding steroid dienone is 1. The summed E-state index contributed by atoms with van der Waals surface area (Å²) in [5.74, 6) is -0.192. The molecule has 5 heteroatoms. The number of nitrogens with zero attached hydrogens (tertiary/aromatic N) is 2. The van der Waals surface area contributed by atoms with Crippen LogP contribution >= 0.6 is 11.6 Å². The van der Waals surface area contributed by atoms with E-state index in [1.165, 1.54) is 12.1 Å². The van der Waals surface area contributed by atoms with E-state index in [4.69, 9.17) is 17.3 Å². The van der Waals surface area contributed by atoms with E-state index in [1.807, 2.05) is 36.4 Å². The second-order valence-electron chi connectivity index (χ2n) is 6.49. The Hall–Kier alpha value is -2.30. The Morgan fingerprint density at radius 3 is 2.46 bits per heavy atom. The maximum atomic E-state index is 13.0. The van der Waals surface area contributed by atoms with Crippen molar-refractivity contribution in [2.24, 2.45) is 0 Å². The van der Waals surface area contributed by atoms with Gasteiger partial charge in [-0.3, -0.25) is 4.90 Å². The van der Waals surface area contributed by atoms with Gasteiger partial charge >= 0.3 is 0 Å². The number of nitrogens with two attached hydrogens (primary N) is 1. The molecule has 0 radical (unpaired) electrons. The minimum atomic E-state index is -0.192. The van der Waals surface area contributed by atoms with Crippen molar-refractivity contribution >= 4 is 23.4 Å². The zero-order valence-electron chi connectivity index (χ0n) is 14.7. The van der Waals surface area contributed by atoms with Crippen LogP contribution < -0.4 is 5.73 Å². The molecule has 0 amide bonds. The van der Waals surface area contributed by atoms with Crippen LogP contribution in [0.5, 0.6) is 0 Å². The molecule has 0 atom stereocenters. The van der Waals surface area contributed by atoms with E-state index < -0.39 is 0 Å². The molecule has 0 spiro atoms. The first kappa shape index (κ1) is 18.5. The minimum Gasteiger partial charge on any atom is -0.398 e. The number of rotatable bonds is 5. The molecule has 3 nitrogen and oxygen atoms in total. The summed E-state index contributed by atoms with van der Waals surface area (Å²) in [6, 6.07) is 12.2. The number of hydrogen-bond donors (Lipinski definition) is 1. The lowest BCUT2D eigenvalue weighted by Crippen LogP contribution is -2.44. The van der Waals surface area contributed by atoms with Crippen molar-refractivity contribution in [1.29, 1.82) is 0 Å². The fraction of sp³-hybridized carbons (Fsp3) is 0.238. The van der Waals surface area contributed by atoms with Gasteiger partial charge in [-0.15, -0.1) is 0 Å². The Morgan fingerprint density at radius 2 is 1.81 bits per heavy atom. The smallest absolute Gasteiger partial charge is 0.123 e. The summed E-state index contributed by atoms with van der Waals surface area (Å²) in [6.07, 6.45) is 3.97. The second kappa shape index (κ2) is 8.39. The van der Waals surface area contributed by atoms with Crippen LogP contribution in [0, 0.1) is 5.82 Å². The predicted octanol–water partition coefficient (Wildman–Crippen LogP) is 4.41. The van der Waals surface area contributed by atoms with Gasteiger partial charge in [0, 0.05) is 49.1 Å². The van der Waals surface area contributed by atoms with E-state index in [0.29, 0.717) is 10.7 Å². The lowest BCUT2D eigenvalue weighted by molar-refractivity contribution is 0.156. The summed E-state index contributed by atoms with van der Waals surface area (Å²) in [5.41, 5.74) is 9.68. The summed E-state index contributed by atoms with van der Waals surface area (Å²) in [6.45, 7) is 8.75. The van der Waals surface area contributed by atoms with Crippen LogP contribution in [-0.4, -0.2) is 36.0 Å². The SMILES string of the molecule is C=C(/C=C/c1ccc(Cl)cc1N)N1CCN(Cc2ccc(F)cc2)CC1. The Kier molecular flexibility index (Phi) is 5.96. The van der Waals surface area contributed by atoms with Crippen molar-refractivity contribution in [3.05, 3.63) is 82.8 Å². The van der Waals surface area contributed by atoms with Gasteiger partial charge in [-0.1, -0.05) is 42.5 Å². The van der Waals surface area contributed by atoms with Crippen LogP contribution in [0.4, 0.5) is 10.1 Å². The third-order valence-corrected chi connectivity index (χ3v) is 4.84. The zero-order chi connectivity index (χ0) is 18.5. The molecule has 2 N–H and O–H groups in total. The minimum absolute atomic E-state index is 0.192. The molecule has 136 valence electrons. The van der Waals surface area contributed by atoms with Crippen molar-refractivity contribution in [3.63, 3.8) is 0 Å².